The van der Waals surface area contributed by atoms with Gasteiger partial charge in [0.15, 0.2) is 0 Å². The van der Waals surface area contributed by atoms with Gasteiger partial charge in [0, 0.05) is 6.04 Å². The van der Waals surface area contributed by atoms with E-state index in [0.29, 0.717) is 6.04 Å². The van der Waals surface area contributed by atoms with Gasteiger partial charge in [0.05, 0.1) is 6.10 Å². The highest BCUT2D eigenvalue weighted by Crippen LogP contribution is 2.32. The summed E-state index contributed by atoms with van der Waals surface area (Å²) >= 11 is 0. The van der Waals surface area contributed by atoms with E-state index in [1.54, 1.807) is 0 Å². The second kappa shape index (κ2) is 3.71. The van der Waals surface area contributed by atoms with Crippen LogP contribution < -0.4 is 0 Å². The van der Waals surface area contributed by atoms with E-state index < -0.39 is 0 Å². The second-order valence-corrected chi connectivity index (χ2v) is 3.97. The highest BCUT2D eigenvalue weighted by molar-refractivity contribution is 5.20. The number of nitrogens with zero attached hydrogens (tertiary/aromatic N) is 1. The Balaban J connectivity index is 2.21. The van der Waals surface area contributed by atoms with E-state index in [1.165, 1.54) is 5.56 Å². The van der Waals surface area contributed by atoms with Crippen LogP contribution >= 0.6 is 0 Å². The van der Waals surface area contributed by atoms with Crippen LogP contribution in [0.25, 0.3) is 0 Å². The summed E-state index contributed by atoms with van der Waals surface area (Å²) in [6.07, 6.45) is 0.436. The average Bonchev–Trinajstić information content (AvgIpc) is 2.47. The molecule has 0 saturated carbocycles. The predicted octanol–water partition coefficient (Wildman–Crippen LogP) is 2.42. The first-order valence-electron chi connectivity index (χ1n) is 5.12. The van der Waals surface area contributed by atoms with Gasteiger partial charge >= 0.3 is 0 Å². The van der Waals surface area contributed by atoms with E-state index in [2.05, 4.69) is 50.1 Å². The summed E-state index contributed by atoms with van der Waals surface area (Å²) in [7, 11) is 2.11. The topological polar surface area (TPSA) is 12.5 Å². The molecule has 1 fully saturated rings. The monoisotopic (exact) mass is 191 g/mol. The lowest BCUT2D eigenvalue weighted by molar-refractivity contribution is 0.0208. The van der Waals surface area contributed by atoms with Gasteiger partial charge in [-0.3, -0.25) is 4.90 Å². The molecule has 0 amide bonds. The Morgan fingerprint density at radius 3 is 2.29 bits per heavy atom. The molecule has 1 aromatic carbocycles. The van der Waals surface area contributed by atoms with Gasteiger partial charge in [0.1, 0.15) is 6.23 Å². The van der Waals surface area contributed by atoms with Crippen LogP contribution in [0, 0.1) is 0 Å². The average molecular weight is 191 g/mol. The van der Waals surface area contributed by atoms with Gasteiger partial charge in [-0.05, 0) is 26.5 Å². The fraction of sp³-hybridized carbons (Fsp3) is 0.500. The molecule has 1 saturated heterocycles. The van der Waals surface area contributed by atoms with Gasteiger partial charge in [-0.2, -0.15) is 0 Å². The maximum atomic E-state index is 5.90. The number of ether oxygens (including phenoxy) is 1. The van der Waals surface area contributed by atoms with Crippen molar-refractivity contribution in [2.45, 2.75) is 32.2 Å². The van der Waals surface area contributed by atoms with Gasteiger partial charge in [0.2, 0.25) is 0 Å². The third kappa shape index (κ3) is 1.56. The van der Waals surface area contributed by atoms with Crippen molar-refractivity contribution < 1.29 is 4.74 Å². The fourth-order valence-electron chi connectivity index (χ4n) is 1.97. The van der Waals surface area contributed by atoms with Crippen molar-refractivity contribution in [2.75, 3.05) is 7.05 Å². The van der Waals surface area contributed by atoms with Crippen molar-refractivity contribution in [3.63, 3.8) is 0 Å². The molecule has 2 nitrogen and oxygen atoms in total. The van der Waals surface area contributed by atoms with Crippen molar-refractivity contribution in [2.24, 2.45) is 0 Å². The summed E-state index contributed by atoms with van der Waals surface area (Å²) in [6, 6.07) is 10.9. The van der Waals surface area contributed by atoms with Crippen LogP contribution in [0.5, 0.6) is 0 Å². The van der Waals surface area contributed by atoms with Crippen molar-refractivity contribution in [3.05, 3.63) is 35.9 Å². The predicted molar refractivity (Wildman–Crippen MR) is 57.0 cm³/mol. The zero-order chi connectivity index (χ0) is 10.1. The van der Waals surface area contributed by atoms with Crippen molar-refractivity contribution in [1.82, 2.24) is 4.90 Å². The number of rotatable bonds is 1. The van der Waals surface area contributed by atoms with E-state index >= 15 is 0 Å². The number of hydrogen-bond donors (Lipinski definition) is 0. The standard InChI is InChI=1S/C12H17NO/c1-9-12(14-10(2)13(9)3)11-7-5-4-6-8-11/h4-10,12H,1-3H3/t9-,10-,12-/m0/s1. The SMILES string of the molecule is C[C@@H]1O[C@H](c2ccccc2)[C@H](C)N1C. The lowest BCUT2D eigenvalue weighted by atomic mass is 10.0. The molecule has 0 N–H and O–H groups in total. The Bertz CT molecular complexity index is 298. The molecular formula is C12H17NO. The quantitative estimate of drug-likeness (QED) is 0.676. The Morgan fingerprint density at radius 1 is 1.14 bits per heavy atom. The van der Waals surface area contributed by atoms with Crippen LogP contribution in [0.2, 0.25) is 0 Å². The van der Waals surface area contributed by atoms with Crippen molar-refractivity contribution in [1.29, 1.82) is 0 Å². The van der Waals surface area contributed by atoms with Crippen LogP contribution in [-0.2, 0) is 4.74 Å². The fourth-order valence-corrected chi connectivity index (χ4v) is 1.97. The van der Waals surface area contributed by atoms with Gasteiger partial charge in [-0.25, -0.2) is 0 Å². The minimum atomic E-state index is 0.218. The molecule has 1 aliphatic heterocycles. The minimum Gasteiger partial charge on any atom is -0.354 e. The highest BCUT2D eigenvalue weighted by Gasteiger charge is 2.34. The molecule has 2 rings (SSSR count). The van der Waals surface area contributed by atoms with Gasteiger partial charge in [-0.1, -0.05) is 30.3 Å². The Hall–Kier alpha value is -0.860. The van der Waals surface area contributed by atoms with Gasteiger partial charge < -0.3 is 4.74 Å². The summed E-state index contributed by atoms with van der Waals surface area (Å²) < 4.78 is 5.90. The molecule has 76 valence electrons. The Kier molecular flexibility index (Phi) is 2.57. The Labute approximate surface area is 85.5 Å². The molecule has 1 aliphatic rings. The lowest BCUT2D eigenvalue weighted by Gasteiger charge is -2.18. The zero-order valence-electron chi connectivity index (χ0n) is 8.97. The second-order valence-electron chi connectivity index (χ2n) is 3.97. The molecule has 14 heavy (non-hydrogen) atoms. The molecule has 3 atom stereocenters. The van der Waals surface area contributed by atoms with Crippen molar-refractivity contribution in [3.8, 4) is 0 Å². The summed E-state index contributed by atoms with van der Waals surface area (Å²) in [4.78, 5) is 2.26. The normalized spacial score (nSPS) is 33.5. The van der Waals surface area contributed by atoms with E-state index in [-0.39, 0.29) is 12.3 Å². The smallest absolute Gasteiger partial charge is 0.108 e. The van der Waals surface area contributed by atoms with E-state index in [9.17, 15) is 0 Å². The molecular weight excluding hydrogens is 174 g/mol. The third-order valence-electron chi connectivity index (χ3n) is 3.13. The largest absolute Gasteiger partial charge is 0.354 e. The molecule has 0 aliphatic carbocycles. The zero-order valence-corrected chi connectivity index (χ0v) is 8.97. The van der Waals surface area contributed by atoms with E-state index in [4.69, 9.17) is 4.74 Å². The van der Waals surface area contributed by atoms with Crippen LogP contribution in [0.4, 0.5) is 0 Å². The maximum Gasteiger partial charge on any atom is 0.108 e. The molecule has 2 heteroatoms. The first-order chi connectivity index (χ1) is 6.70. The molecule has 0 aromatic heterocycles. The van der Waals surface area contributed by atoms with Gasteiger partial charge in [0.25, 0.3) is 0 Å². The number of benzene rings is 1. The third-order valence-corrected chi connectivity index (χ3v) is 3.13. The van der Waals surface area contributed by atoms with Crippen LogP contribution in [0.1, 0.15) is 25.5 Å². The van der Waals surface area contributed by atoms with Crippen LogP contribution in [0.3, 0.4) is 0 Å². The van der Waals surface area contributed by atoms with Crippen LogP contribution in [-0.4, -0.2) is 24.2 Å². The minimum absolute atomic E-state index is 0.218. The molecule has 0 unspecified atom stereocenters. The highest BCUT2D eigenvalue weighted by atomic mass is 16.5. The Morgan fingerprint density at radius 2 is 1.79 bits per heavy atom. The first-order valence-corrected chi connectivity index (χ1v) is 5.12. The molecule has 0 spiro atoms. The summed E-state index contributed by atoms with van der Waals surface area (Å²) in [6.45, 7) is 4.31. The number of likely N-dealkylation sites (N-methyl/N-ethyl adjacent to an activating group) is 1. The first kappa shape index (κ1) is 9.69. The molecule has 0 radical (unpaired) electrons. The number of hydrogen-bond acceptors (Lipinski definition) is 2. The van der Waals surface area contributed by atoms with Crippen molar-refractivity contribution >= 4 is 0 Å². The maximum absolute atomic E-state index is 5.90. The van der Waals surface area contributed by atoms with Crippen LogP contribution in [0.15, 0.2) is 30.3 Å². The molecule has 1 aromatic rings. The van der Waals surface area contributed by atoms with E-state index in [0.717, 1.165) is 0 Å². The molecule has 0 bridgehead atoms. The summed E-state index contributed by atoms with van der Waals surface area (Å²) in [5, 5.41) is 0. The van der Waals surface area contributed by atoms with Gasteiger partial charge in [-0.15, -0.1) is 0 Å². The lowest BCUT2D eigenvalue weighted by Crippen LogP contribution is -2.29. The summed E-state index contributed by atoms with van der Waals surface area (Å²) in [5.41, 5.74) is 1.27. The summed E-state index contributed by atoms with van der Waals surface area (Å²) in [5.74, 6) is 0. The molecule has 1 heterocycles. The van der Waals surface area contributed by atoms with E-state index in [1.807, 2.05) is 6.07 Å².